The summed E-state index contributed by atoms with van der Waals surface area (Å²) in [6.45, 7) is 2.09. The first-order valence-electron chi connectivity index (χ1n) is 9.94. The standard InChI is InChI=1S/C21H24N4O7S/c1-3-4-10-22-19(27)14-6-5-7-16(11-14)33(30,31)25-20(28)15-8-9-17(23-12-15)21(29)24-13-18(26)32-2/h5-9,11-12H,3-4,10,13H2,1-2H3,(H,22,27)(H,24,29)(H,25,28). The Morgan fingerprint density at radius 1 is 0.970 bits per heavy atom. The van der Waals surface area contributed by atoms with Crippen molar-refractivity contribution >= 4 is 33.7 Å². The van der Waals surface area contributed by atoms with Gasteiger partial charge in [-0.25, -0.2) is 13.1 Å². The Labute approximate surface area is 191 Å². The van der Waals surface area contributed by atoms with Gasteiger partial charge in [0.2, 0.25) is 0 Å². The van der Waals surface area contributed by atoms with Crippen LogP contribution in [0.1, 0.15) is 51.0 Å². The van der Waals surface area contributed by atoms with Crippen LogP contribution in [0.5, 0.6) is 0 Å². The first-order valence-corrected chi connectivity index (χ1v) is 11.4. The molecule has 0 saturated heterocycles. The number of nitrogens with zero attached hydrogens (tertiary/aromatic N) is 1. The van der Waals surface area contributed by atoms with Crippen LogP contribution in [0.2, 0.25) is 0 Å². The summed E-state index contributed by atoms with van der Waals surface area (Å²) in [4.78, 5) is 51.1. The fraction of sp³-hybridized carbons (Fsp3) is 0.286. The van der Waals surface area contributed by atoms with Crippen molar-refractivity contribution in [2.45, 2.75) is 24.7 Å². The molecule has 2 rings (SSSR count). The van der Waals surface area contributed by atoms with Crippen molar-refractivity contribution in [2.75, 3.05) is 20.2 Å². The van der Waals surface area contributed by atoms with E-state index in [2.05, 4.69) is 20.4 Å². The van der Waals surface area contributed by atoms with Crippen molar-refractivity contribution in [3.8, 4) is 0 Å². The highest BCUT2D eigenvalue weighted by molar-refractivity contribution is 7.90. The molecule has 0 aliphatic heterocycles. The molecule has 0 unspecified atom stereocenters. The van der Waals surface area contributed by atoms with E-state index in [9.17, 15) is 27.6 Å². The van der Waals surface area contributed by atoms with E-state index >= 15 is 0 Å². The molecule has 0 fully saturated rings. The second-order valence-electron chi connectivity index (χ2n) is 6.76. The quantitative estimate of drug-likeness (QED) is 0.332. The topological polar surface area (TPSA) is 161 Å². The predicted molar refractivity (Wildman–Crippen MR) is 117 cm³/mol. The van der Waals surface area contributed by atoms with Gasteiger partial charge >= 0.3 is 5.97 Å². The van der Waals surface area contributed by atoms with Crippen LogP contribution in [0.15, 0.2) is 47.5 Å². The minimum absolute atomic E-state index is 0.0832. The molecule has 0 atom stereocenters. The molecule has 0 aliphatic carbocycles. The van der Waals surface area contributed by atoms with Crippen molar-refractivity contribution in [1.82, 2.24) is 20.3 Å². The largest absolute Gasteiger partial charge is 0.468 e. The average molecular weight is 477 g/mol. The van der Waals surface area contributed by atoms with E-state index < -0.39 is 33.7 Å². The number of ether oxygens (including phenoxy) is 1. The van der Waals surface area contributed by atoms with Gasteiger partial charge in [0.25, 0.3) is 27.7 Å². The van der Waals surface area contributed by atoms with Crippen molar-refractivity contribution in [1.29, 1.82) is 0 Å². The normalized spacial score (nSPS) is 10.7. The monoisotopic (exact) mass is 476 g/mol. The maximum absolute atomic E-state index is 12.6. The van der Waals surface area contributed by atoms with Gasteiger partial charge in [0.05, 0.1) is 17.6 Å². The molecule has 0 spiro atoms. The molecule has 2 aromatic rings. The van der Waals surface area contributed by atoms with E-state index in [1.165, 1.54) is 43.5 Å². The van der Waals surface area contributed by atoms with E-state index in [-0.39, 0.29) is 28.3 Å². The van der Waals surface area contributed by atoms with Crippen LogP contribution in [0.4, 0.5) is 0 Å². The zero-order valence-corrected chi connectivity index (χ0v) is 18.9. The van der Waals surface area contributed by atoms with Gasteiger partial charge in [-0.15, -0.1) is 0 Å². The third-order valence-electron chi connectivity index (χ3n) is 4.33. The van der Waals surface area contributed by atoms with Gasteiger partial charge in [-0.05, 0) is 36.8 Å². The number of esters is 1. The number of carbonyl (C=O) groups is 4. The lowest BCUT2D eigenvalue weighted by Crippen LogP contribution is -2.32. The number of unbranched alkanes of at least 4 members (excludes halogenated alkanes) is 1. The number of nitrogens with one attached hydrogen (secondary N) is 3. The number of carbonyl (C=O) groups excluding carboxylic acids is 4. The molecule has 12 heteroatoms. The molecule has 3 N–H and O–H groups in total. The Morgan fingerprint density at radius 2 is 1.73 bits per heavy atom. The fourth-order valence-electron chi connectivity index (χ4n) is 2.50. The summed E-state index contributed by atoms with van der Waals surface area (Å²) in [6, 6.07) is 7.71. The van der Waals surface area contributed by atoms with Gasteiger partial charge in [-0.3, -0.25) is 24.2 Å². The van der Waals surface area contributed by atoms with Crippen LogP contribution in [-0.2, 0) is 19.6 Å². The summed E-state index contributed by atoms with van der Waals surface area (Å²) in [5, 5.41) is 4.97. The van der Waals surface area contributed by atoms with Crippen LogP contribution < -0.4 is 15.4 Å². The van der Waals surface area contributed by atoms with E-state index in [1.54, 1.807) is 0 Å². The maximum atomic E-state index is 12.6. The van der Waals surface area contributed by atoms with Gasteiger partial charge in [0.1, 0.15) is 12.2 Å². The van der Waals surface area contributed by atoms with Crippen LogP contribution in [0.25, 0.3) is 0 Å². The number of rotatable bonds is 10. The highest BCUT2D eigenvalue weighted by Gasteiger charge is 2.21. The Balaban J connectivity index is 2.07. The van der Waals surface area contributed by atoms with Gasteiger partial charge in [0.15, 0.2) is 0 Å². The van der Waals surface area contributed by atoms with Crippen molar-refractivity contribution in [3.63, 3.8) is 0 Å². The summed E-state index contributed by atoms with van der Waals surface area (Å²) in [5.74, 6) is -2.71. The van der Waals surface area contributed by atoms with E-state index in [0.29, 0.717) is 6.54 Å². The molecule has 0 bridgehead atoms. The molecule has 176 valence electrons. The zero-order chi connectivity index (χ0) is 24.4. The smallest absolute Gasteiger partial charge is 0.325 e. The lowest BCUT2D eigenvalue weighted by atomic mass is 10.2. The third kappa shape index (κ3) is 7.38. The van der Waals surface area contributed by atoms with Crippen molar-refractivity contribution in [3.05, 3.63) is 59.4 Å². The van der Waals surface area contributed by atoms with Crippen molar-refractivity contribution in [2.24, 2.45) is 0 Å². The van der Waals surface area contributed by atoms with Gasteiger partial charge in [0, 0.05) is 18.3 Å². The summed E-state index contributed by atoms with van der Waals surface area (Å²) in [6.07, 6.45) is 2.71. The molecule has 11 nitrogen and oxygen atoms in total. The molecule has 33 heavy (non-hydrogen) atoms. The number of benzene rings is 1. The Morgan fingerprint density at radius 3 is 2.36 bits per heavy atom. The molecule has 0 aliphatic rings. The highest BCUT2D eigenvalue weighted by Crippen LogP contribution is 2.13. The number of sulfonamides is 1. The Kier molecular flexibility index (Phi) is 9.04. The molecule has 1 heterocycles. The van der Waals surface area contributed by atoms with Crippen LogP contribution in [-0.4, -0.2) is 57.3 Å². The summed E-state index contributed by atoms with van der Waals surface area (Å²) < 4.78 is 31.5. The van der Waals surface area contributed by atoms with E-state index in [4.69, 9.17) is 0 Å². The minimum atomic E-state index is -4.27. The van der Waals surface area contributed by atoms with Crippen LogP contribution in [0, 0.1) is 0 Å². The number of amides is 3. The predicted octanol–water partition coefficient (Wildman–Crippen LogP) is 0.633. The van der Waals surface area contributed by atoms with Crippen LogP contribution in [0.3, 0.4) is 0 Å². The molecule has 3 amide bonds. The number of pyridine rings is 1. The average Bonchev–Trinajstić information content (AvgIpc) is 2.82. The number of hydrogen-bond donors (Lipinski definition) is 3. The molecular formula is C21H24N4O7S. The lowest BCUT2D eigenvalue weighted by molar-refractivity contribution is -0.139. The first kappa shape index (κ1) is 25.5. The number of methoxy groups -OCH3 is 1. The SMILES string of the molecule is CCCCNC(=O)c1cccc(S(=O)(=O)NC(=O)c2ccc(C(=O)NCC(=O)OC)nc2)c1. The van der Waals surface area contributed by atoms with Crippen molar-refractivity contribution < 1.29 is 32.3 Å². The maximum Gasteiger partial charge on any atom is 0.325 e. The molecular weight excluding hydrogens is 452 g/mol. The summed E-state index contributed by atoms with van der Waals surface area (Å²) in [7, 11) is -3.10. The molecule has 0 saturated carbocycles. The van der Waals surface area contributed by atoms with Gasteiger partial charge in [-0.1, -0.05) is 19.4 Å². The van der Waals surface area contributed by atoms with Gasteiger partial charge in [-0.2, -0.15) is 0 Å². The Hall–Kier alpha value is -3.80. The second-order valence-corrected chi connectivity index (χ2v) is 8.45. The van der Waals surface area contributed by atoms with Gasteiger partial charge < -0.3 is 15.4 Å². The zero-order valence-electron chi connectivity index (χ0n) is 18.1. The third-order valence-corrected chi connectivity index (χ3v) is 5.66. The molecule has 0 radical (unpaired) electrons. The second kappa shape index (κ2) is 11.7. The summed E-state index contributed by atoms with van der Waals surface area (Å²) >= 11 is 0. The van der Waals surface area contributed by atoms with Crippen LogP contribution >= 0.6 is 0 Å². The summed E-state index contributed by atoms with van der Waals surface area (Å²) in [5.41, 5.74) is -0.0536. The number of hydrogen-bond acceptors (Lipinski definition) is 8. The first-order chi connectivity index (χ1) is 15.7. The molecule has 1 aromatic heterocycles. The minimum Gasteiger partial charge on any atom is -0.468 e. The number of aromatic nitrogens is 1. The van der Waals surface area contributed by atoms with E-state index in [1.807, 2.05) is 11.6 Å². The Bertz CT molecular complexity index is 1130. The lowest BCUT2D eigenvalue weighted by Gasteiger charge is -2.09. The molecule has 1 aromatic carbocycles. The highest BCUT2D eigenvalue weighted by atomic mass is 32.2. The van der Waals surface area contributed by atoms with E-state index in [0.717, 1.165) is 19.0 Å². The fourth-order valence-corrected chi connectivity index (χ4v) is 3.52.